The molecule has 1 aliphatic carbocycles. The second-order valence-corrected chi connectivity index (χ2v) is 5.69. The first kappa shape index (κ1) is 14.3. The monoisotopic (exact) mass is 284 g/mol. The number of likely N-dealkylation sites (N-methyl/N-ethyl adjacent to an activating group) is 1. The first-order valence-corrected chi connectivity index (χ1v) is 7.96. The summed E-state index contributed by atoms with van der Waals surface area (Å²) in [5.41, 5.74) is 5.13. The molecule has 0 saturated carbocycles. The lowest BCUT2D eigenvalue weighted by molar-refractivity contribution is 0.432. The maximum atomic E-state index is 4.70. The van der Waals surface area contributed by atoms with Gasteiger partial charge in [0.05, 0.1) is 17.4 Å². The van der Waals surface area contributed by atoms with Crippen molar-refractivity contribution in [3.8, 4) is 0 Å². The number of hydrogen-bond acceptors (Lipinski definition) is 3. The van der Waals surface area contributed by atoms with E-state index in [1.165, 1.54) is 22.6 Å². The second-order valence-electron chi connectivity index (χ2n) is 5.69. The summed E-state index contributed by atoms with van der Waals surface area (Å²) in [7, 11) is 2.05. The van der Waals surface area contributed by atoms with E-state index in [0.29, 0.717) is 5.92 Å². The number of nitrogens with one attached hydrogen (secondary N) is 1. The van der Waals surface area contributed by atoms with Crippen molar-refractivity contribution in [1.29, 1.82) is 0 Å². The third-order valence-corrected chi connectivity index (χ3v) is 4.56. The van der Waals surface area contributed by atoms with Crippen LogP contribution in [0, 0.1) is 0 Å². The predicted molar refractivity (Wildman–Crippen MR) is 84.4 cm³/mol. The molecule has 1 aliphatic rings. The van der Waals surface area contributed by atoms with Gasteiger partial charge in [-0.3, -0.25) is 9.67 Å². The summed E-state index contributed by atoms with van der Waals surface area (Å²) in [6, 6.07) is 6.80. The van der Waals surface area contributed by atoms with Gasteiger partial charge in [-0.25, -0.2) is 0 Å². The van der Waals surface area contributed by atoms with Crippen LogP contribution in [-0.4, -0.2) is 21.8 Å². The molecule has 2 unspecified atom stereocenters. The maximum absolute atomic E-state index is 4.70. The third-order valence-electron chi connectivity index (χ3n) is 4.56. The van der Waals surface area contributed by atoms with Gasteiger partial charge >= 0.3 is 0 Å². The number of rotatable bonds is 5. The fourth-order valence-electron chi connectivity index (χ4n) is 3.49. The van der Waals surface area contributed by atoms with Gasteiger partial charge in [0.1, 0.15) is 0 Å². The fourth-order valence-corrected chi connectivity index (χ4v) is 3.49. The zero-order chi connectivity index (χ0) is 14.8. The summed E-state index contributed by atoms with van der Waals surface area (Å²) >= 11 is 0. The minimum atomic E-state index is 0.286. The molecule has 1 N–H and O–H groups in total. The Morgan fingerprint density at radius 2 is 2.29 bits per heavy atom. The third kappa shape index (κ3) is 2.48. The molecule has 2 atom stereocenters. The Morgan fingerprint density at radius 1 is 1.43 bits per heavy atom. The highest BCUT2D eigenvalue weighted by Gasteiger charge is 2.33. The van der Waals surface area contributed by atoms with Gasteiger partial charge in [-0.05, 0) is 50.9 Å². The molecule has 3 rings (SSSR count). The molecular weight excluding hydrogens is 260 g/mol. The van der Waals surface area contributed by atoms with Crippen molar-refractivity contribution in [2.45, 2.75) is 51.6 Å². The molecule has 2 heterocycles. The van der Waals surface area contributed by atoms with Crippen molar-refractivity contribution in [1.82, 2.24) is 20.1 Å². The Balaban J connectivity index is 1.98. The molecule has 0 saturated heterocycles. The number of pyridine rings is 1. The average molecular weight is 284 g/mol. The molecule has 0 fully saturated rings. The standard InChI is InChI=1S/C17H24N4/c1-4-13-11-15(21(5-2)20-13)17(18-3)14-9-8-12-7-6-10-19-16(12)14/h6-7,10-11,14,17-18H,4-5,8-9H2,1-3H3. The fraction of sp³-hybridized carbons (Fsp3) is 0.529. The van der Waals surface area contributed by atoms with Gasteiger partial charge in [0.25, 0.3) is 0 Å². The van der Waals surface area contributed by atoms with E-state index in [1.54, 1.807) is 0 Å². The van der Waals surface area contributed by atoms with Crippen LogP contribution >= 0.6 is 0 Å². The summed E-state index contributed by atoms with van der Waals surface area (Å²) in [6.45, 7) is 5.23. The van der Waals surface area contributed by atoms with E-state index in [2.05, 4.69) is 41.0 Å². The van der Waals surface area contributed by atoms with Crippen LogP contribution in [0.4, 0.5) is 0 Å². The van der Waals surface area contributed by atoms with Gasteiger partial charge in [0.2, 0.25) is 0 Å². The van der Waals surface area contributed by atoms with Gasteiger partial charge < -0.3 is 5.32 Å². The second kappa shape index (κ2) is 5.98. The van der Waals surface area contributed by atoms with E-state index in [0.717, 1.165) is 25.8 Å². The molecule has 0 amide bonds. The van der Waals surface area contributed by atoms with E-state index in [9.17, 15) is 0 Å². The Kier molecular flexibility index (Phi) is 4.06. The highest BCUT2D eigenvalue weighted by Crippen LogP contribution is 2.40. The Morgan fingerprint density at radius 3 is 3.00 bits per heavy atom. The zero-order valence-corrected chi connectivity index (χ0v) is 13.1. The van der Waals surface area contributed by atoms with E-state index in [-0.39, 0.29) is 6.04 Å². The zero-order valence-electron chi connectivity index (χ0n) is 13.1. The number of aryl methyl sites for hydroxylation is 3. The Labute approximate surface area is 126 Å². The number of aromatic nitrogens is 3. The summed E-state index contributed by atoms with van der Waals surface area (Å²) in [5.74, 6) is 0.443. The molecule has 2 aromatic heterocycles. The molecule has 4 nitrogen and oxygen atoms in total. The Bertz CT molecular complexity index is 617. The maximum Gasteiger partial charge on any atom is 0.0625 e. The van der Waals surface area contributed by atoms with Crippen molar-refractivity contribution in [2.24, 2.45) is 0 Å². The molecule has 0 bridgehead atoms. The van der Waals surface area contributed by atoms with Crippen molar-refractivity contribution < 1.29 is 0 Å². The highest BCUT2D eigenvalue weighted by molar-refractivity contribution is 5.32. The largest absolute Gasteiger partial charge is 0.311 e. The molecule has 0 aromatic carbocycles. The molecule has 21 heavy (non-hydrogen) atoms. The summed E-state index contributed by atoms with van der Waals surface area (Å²) in [6.07, 6.45) is 5.19. The van der Waals surface area contributed by atoms with Crippen LogP contribution in [-0.2, 0) is 19.4 Å². The van der Waals surface area contributed by atoms with Crippen LogP contribution in [0.2, 0.25) is 0 Å². The molecule has 4 heteroatoms. The van der Waals surface area contributed by atoms with Crippen LogP contribution in [0.3, 0.4) is 0 Å². The van der Waals surface area contributed by atoms with Gasteiger partial charge in [-0.1, -0.05) is 13.0 Å². The lowest BCUT2D eigenvalue weighted by Gasteiger charge is -2.24. The molecule has 2 aromatic rings. The quantitative estimate of drug-likeness (QED) is 0.918. The molecule has 0 radical (unpaired) electrons. The van der Waals surface area contributed by atoms with Gasteiger partial charge in [-0.15, -0.1) is 0 Å². The average Bonchev–Trinajstić information content (AvgIpc) is 3.13. The van der Waals surface area contributed by atoms with E-state index in [4.69, 9.17) is 5.10 Å². The van der Waals surface area contributed by atoms with Crippen LogP contribution in [0.5, 0.6) is 0 Å². The van der Waals surface area contributed by atoms with Crippen molar-refractivity contribution in [2.75, 3.05) is 7.05 Å². The molecule has 112 valence electrons. The molecule has 0 spiro atoms. The smallest absolute Gasteiger partial charge is 0.0625 e. The first-order valence-electron chi connectivity index (χ1n) is 7.96. The number of nitrogens with zero attached hydrogens (tertiary/aromatic N) is 3. The summed E-state index contributed by atoms with van der Waals surface area (Å²) in [4.78, 5) is 4.65. The van der Waals surface area contributed by atoms with E-state index < -0.39 is 0 Å². The van der Waals surface area contributed by atoms with Crippen molar-refractivity contribution in [3.05, 3.63) is 47.0 Å². The van der Waals surface area contributed by atoms with Crippen LogP contribution < -0.4 is 5.32 Å². The topological polar surface area (TPSA) is 42.7 Å². The Hall–Kier alpha value is -1.68. The SMILES string of the molecule is CCc1cc(C(NC)C2CCc3cccnc32)n(CC)n1. The lowest BCUT2D eigenvalue weighted by Crippen LogP contribution is -2.26. The first-order chi connectivity index (χ1) is 10.3. The number of hydrogen-bond donors (Lipinski definition) is 1. The van der Waals surface area contributed by atoms with Crippen LogP contribution in [0.1, 0.15) is 54.9 Å². The van der Waals surface area contributed by atoms with Gasteiger partial charge in [0.15, 0.2) is 0 Å². The van der Waals surface area contributed by atoms with Gasteiger partial charge in [-0.2, -0.15) is 5.10 Å². The normalized spacial score (nSPS) is 18.7. The molecule has 0 aliphatic heterocycles. The number of fused-ring (bicyclic) bond motifs is 1. The minimum absolute atomic E-state index is 0.286. The molecular formula is C17H24N4. The van der Waals surface area contributed by atoms with E-state index >= 15 is 0 Å². The highest BCUT2D eigenvalue weighted by atomic mass is 15.3. The van der Waals surface area contributed by atoms with Crippen LogP contribution in [0.15, 0.2) is 24.4 Å². The van der Waals surface area contributed by atoms with Crippen molar-refractivity contribution in [3.63, 3.8) is 0 Å². The predicted octanol–water partition coefficient (Wildman–Crippen LogP) is 2.85. The van der Waals surface area contributed by atoms with E-state index in [1.807, 2.05) is 19.3 Å². The summed E-state index contributed by atoms with van der Waals surface area (Å²) < 4.78 is 2.14. The lowest BCUT2D eigenvalue weighted by atomic mass is 9.94. The van der Waals surface area contributed by atoms with Crippen molar-refractivity contribution >= 4 is 0 Å². The van der Waals surface area contributed by atoms with Crippen LogP contribution in [0.25, 0.3) is 0 Å². The minimum Gasteiger partial charge on any atom is -0.311 e. The van der Waals surface area contributed by atoms with Gasteiger partial charge in [0, 0.05) is 24.4 Å². The summed E-state index contributed by atoms with van der Waals surface area (Å²) in [5, 5.41) is 8.21.